The number of aryl methyl sites for hydroxylation is 1. The number of halogens is 3. The van der Waals surface area contributed by atoms with Crippen LogP contribution in [0.25, 0.3) is 5.65 Å². The third kappa shape index (κ3) is 6.07. The number of hydrogen-bond donors (Lipinski definition) is 1. The van der Waals surface area contributed by atoms with Gasteiger partial charge < -0.3 is 19.2 Å². The molecule has 1 N–H and O–H groups in total. The third-order valence-electron chi connectivity index (χ3n) is 5.80. The molecule has 194 valence electrons. The van der Waals surface area contributed by atoms with Crippen molar-refractivity contribution in [3.8, 4) is 17.4 Å². The molecule has 0 saturated carbocycles. The van der Waals surface area contributed by atoms with Gasteiger partial charge in [-0.05, 0) is 38.3 Å². The molecule has 0 unspecified atom stereocenters. The zero-order valence-corrected chi connectivity index (χ0v) is 20.7. The van der Waals surface area contributed by atoms with Crippen molar-refractivity contribution in [1.29, 1.82) is 0 Å². The topological polar surface area (TPSA) is 112 Å². The van der Waals surface area contributed by atoms with Gasteiger partial charge in [0, 0.05) is 24.7 Å². The van der Waals surface area contributed by atoms with Crippen molar-refractivity contribution in [3.63, 3.8) is 0 Å². The Kier molecular flexibility index (Phi) is 6.62. The number of carbonyl (C=O) groups is 1. The van der Waals surface area contributed by atoms with Crippen molar-refractivity contribution in [3.05, 3.63) is 47.8 Å². The summed E-state index contributed by atoms with van der Waals surface area (Å²) in [5.74, 6) is -4.60. The molecule has 4 heterocycles. The molecule has 0 bridgehead atoms. The van der Waals surface area contributed by atoms with Gasteiger partial charge in [-0.15, -0.1) is 0 Å². The number of hydrogen-bond acceptors (Lipinski definition) is 7. The molecule has 13 heteroatoms. The van der Waals surface area contributed by atoms with E-state index in [2.05, 4.69) is 15.3 Å². The summed E-state index contributed by atoms with van der Waals surface area (Å²) in [6.07, 6.45) is 4.49. The van der Waals surface area contributed by atoms with Crippen LogP contribution in [0.5, 0.6) is 17.4 Å². The third-order valence-corrected chi connectivity index (χ3v) is 7.45. The molecule has 1 fully saturated rings. The fourth-order valence-electron chi connectivity index (χ4n) is 3.68. The molecule has 3 aromatic rings. The standard InChI is InChI=1S/C23H25F3N4O5S/c1-14-8-19-28-16(20(31)29-22(2)4-6-36(32,33)7-5-22)11-30(19)12-18(14)35-21-17(9-15(24)10-27-21)34-13-23(3,25)26/h8-12H,4-7,13H2,1-3H3,(H,29,31). The van der Waals surface area contributed by atoms with Gasteiger partial charge in [-0.2, -0.15) is 0 Å². The molecule has 0 aliphatic carbocycles. The van der Waals surface area contributed by atoms with Crippen molar-refractivity contribution < 1.29 is 35.9 Å². The van der Waals surface area contributed by atoms with Gasteiger partial charge in [-0.25, -0.2) is 31.6 Å². The highest BCUT2D eigenvalue weighted by molar-refractivity contribution is 7.91. The van der Waals surface area contributed by atoms with E-state index in [9.17, 15) is 26.4 Å². The molecule has 0 spiro atoms. The van der Waals surface area contributed by atoms with Gasteiger partial charge in [-0.3, -0.25) is 4.79 Å². The van der Waals surface area contributed by atoms with E-state index in [-0.39, 0.29) is 34.6 Å². The molecule has 0 atom stereocenters. The first-order valence-corrected chi connectivity index (χ1v) is 12.9. The molecule has 36 heavy (non-hydrogen) atoms. The summed E-state index contributed by atoms with van der Waals surface area (Å²) >= 11 is 0. The molecule has 4 rings (SSSR count). The molecular formula is C23H25F3N4O5S. The SMILES string of the molecule is Cc1cc2nc(C(=O)NC3(C)CCS(=O)(=O)CC3)cn2cc1Oc1ncc(F)cc1OCC(C)(F)F. The predicted octanol–water partition coefficient (Wildman–Crippen LogP) is 3.70. The fourth-order valence-corrected chi connectivity index (χ4v) is 5.40. The minimum atomic E-state index is -3.14. The first-order valence-electron chi connectivity index (χ1n) is 11.1. The zero-order valence-electron chi connectivity index (χ0n) is 19.8. The van der Waals surface area contributed by atoms with Crippen molar-refractivity contribution in [1.82, 2.24) is 19.7 Å². The summed E-state index contributed by atoms with van der Waals surface area (Å²) in [6.45, 7) is 3.19. The number of amides is 1. The van der Waals surface area contributed by atoms with Crippen LogP contribution < -0.4 is 14.8 Å². The lowest BCUT2D eigenvalue weighted by Gasteiger charge is -2.34. The van der Waals surface area contributed by atoms with Crippen LogP contribution in [0.1, 0.15) is 42.7 Å². The van der Waals surface area contributed by atoms with Crippen molar-refractivity contribution in [2.45, 2.75) is 45.1 Å². The second kappa shape index (κ2) is 9.26. The Morgan fingerprint density at radius 1 is 1.22 bits per heavy atom. The van der Waals surface area contributed by atoms with E-state index < -0.39 is 39.6 Å². The lowest BCUT2D eigenvalue weighted by molar-refractivity contribution is -0.0236. The molecule has 3 aromatic heterocycles. The van der Waals surface area contributed by atoms with Gasteiger partial charge in [0.15, 0.2) is 12.4 Å². The molecule has 0 aromatic carbocycles. The molecule has 9 nitrogen and oxygen atoms in total. The number of carbonyl (C=O) groups excluding carboxylic acids is 1. The number of imidazole rings is 1. The van der Waals surface area contributed by atoms with E-state index in [1.54, 1.807) is 19.9 Å². The van der Waals surface area contributed by atoms with Gasteiger partial charge in [0.05, 0.1) is 23.9 Å². The highest BCUT2D eigenvalue weighted by Gasteiger charge is 2.35. The molecule has 1 aliphatic heterocycles. The Morgan fingerprint density at radius 2 is 1.92 bits per heavy atom. The molecule has 1 saturated heterocycles. The Morgan fingerprint density at radius 3 is 2.58 bits per heavy atom. The Hall–Kier alpha value is -3.35. The summed E-state index contributed by atoms with van der Waals surface area (Å²) in [7, 11) is -3.08. The van der Waals surface area contributed by atoms with Gasteiger partial charge in [0.25, 0.3) is 17.7 Å². The average Bonchev–Trinajstić information content (AvgIpc) is 3.19. The van der Waals surface area contributed by atoms with Crippen LogP contribution in [-0.4, -0.2) is 58.3 Å². The van der Waals surface area contributed by atoms with E-state index in [1.165, 1.54) is 16.8 Å². The molecule has 1 aliphatic rings. The Bertz CT molecular complexity index is 1410. The zero-order chi connectivity index (χ0) is 26.3. The quantitative estimate of drug-likeness (QED) is 0.500. The number of sulfone groups is 1. The normalized spacial score (nSPS) is 17.1. The lowest BCUT2D eigenvalue weighted by atomic mass is 9.95. The van der Waals surface area contributed by atoms with Crippen LogP contribution in [-0.2, 0) is 9.84 Å². The van der Waals surface area contributed by atoms with E-state index >= 15 is 0 Å². The Balaban J connectivity index is 1.55. The summed E-state index contributed by atoms with van der Waals surface area (Å²) in [5, 5.41) is 2.88. The molecular weight excluding hydrogens is 501 g/mol. The van der Waals surface area contributed by atoms with Crippen LogP contribution in [0.4, 0.5) is 13.2 Å². The number of fused-ring (bicyclic) bond motifs is 1. The minimum absolute atomic E-state index is 0.00780. The number of rotatable bonds is 7. The summed E-state index contributed by atoms with van der Waals surface area (Å²) < 4.78 is 75.8. The van der Waals surface area contributed by atoms with Crippen LogP contribution in [0.15, 0.2) is 30.7 Å². The second-order valence-corrected chi connectivity index (χ2v) is 11.6. The smallest absolute Gasteiger partial charge is 0.278 e. The van der Waals surface area contributed by atoms with Crippen LogP contribution in [0, 0.1) is 12.7 Å². The number of alkyl halides is 2. The highest BCUT2D eigenvalue weighted by atomic mass is 32.2. The van der Waals surface area contributed by atoms with Crippen molar-refractivity contribution in [2.75, 3.05) is 18.1 Å². The summed E-state index contributed by atoms with van der Waals surface area (Å²) in [6, 6.07) is 2.55. The van der Waals surface area contributed by atoms with Gasteiger partial charge in [0.2, 0.25) is 0 Å². The van der Waals surface area contributed by atoms with Crippen LogP contribution in [0.3, 0.4) is 0 Å². The average molecular weight is 527 g/mol. The lowest BCUT2D eigenvalue weighted by Crippen LogP contribution is -2.51. The summed E-state index contributed by atoms with van der Waals surface area (Å²) in [4.78, 5) is 21.0. The Labute approximate surface area is 205 Å². The van der Waals surface area contributed by atoms with Gasteiger partial charge in [0.1, 0.15) is 32.7 Å². The number of aromatic nitrogens is 3. The number of nitrogens with one attached hydrogen (secondary N) is 1. The number of nitrogens with zero attached hydrogens (tertiary/aromatic N) is 3. The summed E-state index contributed by atoms with van der Waals surface area (Å²) in [5.41, 5.74) is 0.482. The molecule has 1 amide bonds. The number of pyridine rings is 2. The highest BCUT2D eigenvalue weighted by Crippen LogP contribution is 2.33. The van der Waals surface area contributed by atoms with Crippen molar-refractivity contribution >= 4 is 21.4 Å². The minimum Gasteiger partial charge on any atom is -0.482 e. The molecule has 0 radical (unpaired) electrons. The van der Waals surface area contributed by atoms with Crippen molar-refractivity contribution in [2.24, 2.45) is 0 Å². The predicted molar refractivity (Wildman–Crippen MR) is 124 cm³/mol. The van der Waals surface area contributed by atoms with E-state index in [0.29, 0.717) is 31.0 Å². The van der Waals surface area contributed by atoms with Gasteiger partial charge in [-0.1, -0.05) is 0 Å². The maximum atomic E-state index is 13.6. The van der Waals surface area contributed by atoms with E-state index in [1.807, 2.05) is 0 Å². The maximum Gasteiger partial charge on any atom is 0.278 e. The van der Waals surface area contributed by atoms with E-state index in [0.717, 1.165) is 12.3 Å². The van der Waals surface area contributed by atoms with Gasteiger partial charge >= 0.3 is 0 Å². The first kappa shape index (κ1) is 25.7. The number of ether oxygens (including phenoxy) is 2. The largest absolute Gasteiger partial charge is 0.482 e. The van der Waals surface area contributed by atoms with E-state index in [4.69, 9.17) is 9.47 Å². The maximum absolute atomic E-state index is 13.6. The first-order chi connectivity index (χ1) is 16.7. The fraction of sp³-hybridized carbons (Fsp3) is 0.435. The van der Waals surface area contributed by atoms with Crippen LogP contribution in [0.2, 0.25) is 0 Å². The van der Waals surface area contributed by atoms with Crippen LogP contribution >= 0.6 is 0 Å². The second-order valence-electron chi connectivity index (χ2n) is 9.30. The monoisotopic (exact) mass is 526 g/mol.